The Hall–Kier alpha value is -2.88. The minimum atomic E-state index is -0.232. The molecule has 0 fully saturated rings. The van der Waals surface area contributed by atoms with E-state index in [0.717, 1.165) is 65.6 Å². The molecule has 0 saturated heterocycles. The van der Waals surface area contributed by atoms with Gasteiger partial charge in [0.25, 0.3) is 0 Å². The molecule has 4 heteroatoms. The van der Waals surface area contributed by atoms with Gasteiger partial charge in [0, 0.05) is 34.4 Å². The lowest BCUT2D eigenvalue weighted by Crippen LogP contribution is -2.10. The van der Waals surface area contributed by atoms with Crippen molar-refractivity contribution in [1.29, 1.82) is 0 Å². The molecule has 164 valence electrons. The second-order valence-corrected chi connectivity index (χ2v) is 8.12. The number of fused-ring (bicyclic) bond motifs is 2. The summed E-state index contributed by atoms with van der Waals surface area (Å²) in [7, 11) is 0. The summed E-state index contributed by atoms with van der Waals surface area (Å²) >= 11 is 0. The van der Waals surface area contributed by atoms with Crippen molar-refractivity contribution in [2.45, 2.75) is 72.1 Å². The van der Waals surface area contributed by atoms with Crippen molar-refractivity contribution in [2.24, 2.45) is 0 Å². The fraction of sp³-hybridized carbons (Fsp3) is 0.407. The molecule has 3 aromatic rings. The highest BCUT2D eigenvalue weighted by Crippen LogP contribution is 2.43. The molecule has 0 atom stereocenters. The minimum Gasteiger partial charge on any atom is -0.425 e. The van der Waals surface area contributed by atoms with Crippen LogP contribution < -0.4 is 9.47 Å². The van der Waals surface area contributed by atoms with Crippen molar-refractivity contribution in [3.05, 3.63) is 48.0 Å². The van der Waals surface area contributed by atoms with Gasteiger partial charge in [-0.15, -0.1) is 0 Å². The van der Waals surface area contributed by atoms with Gasteiger partial charge in [-0.25, -0.2) is 0 Å². The molecule has 0 radical (unpaired) electrons. The van der Waals surface area contributed by atoms with Gasteiger partial charge >= 0.3 is 11.9 Å². The highest BCUT2D eigenvalue weighted by molar-refractivity contribution is 6.12. The van der Waals surface area contributed by atoms with E-state index in [4.69, 9.17) is 9.47 Å². The summed E-state index contributed by atoms with van der Waals surface area (Å²) in [6, 6.07) is 13.6. The molecular formula is C27H32O4. The highest BCUT2D eigenvalue weighted by atomic mass is 16.5. The first-order valence-electron chi connectivity index (χ1n) is 11.4. The number of hydrogen-bond acceptors (Lipinski definition) is 4. The van der Waals surface area contributed by atoms with E-state index in [1.165, 1.54) is 0 Å². The molecule has 0 N–H and O–H groups in total. The number of esters is 2. The first kappa shape index (κ1) is 22.8. The van der Waals surface area contributed by atoms with Gasteiger partial charge in [-0.3, -0.25) is 9.59 Å². The number of ether oxygens (including phenoxy) is 2. The smallest absolute Gasteiger partial charge is 0.311 e. The van der Waals surface area contributed by atoms with Gasteiger partial charge < -0.3 is 9.47 Å². The summed E-state index contributed by atoms with van der Waals surface area (Å²) in [6.45, 7) is 6.21. The third-order valence-electron chi connectivity index (χ3n) is 5.48. The monoisotopic (exact) mass is 420 g/mol. The normalized spacial score (nSPS) is 11.1. The molecule has 0 aliphatic rings. The zero-order chi connectivity index (χ0) is 22.2. The van der Waals surface area contributed by atoms with Crippen molar-refractivity contribution in [2.75, 3.05) is 0 Å². The standard InChI is InChI=1S/C27H32O4/c1-4-6-8-14-24(28)30-26-20-12-10-11-13-21(20)27(31-25(29)15-9-7-5-2)23-18-19(3)16-17-22(23)26/h10-13,16-18H,4-9,14-15H2,1-3H3. The fourth-order valence-corrected chi connectivity index (χ4v) is 3.80. The topological polar surface area (TPSA) is 52.6 Å². The molecule has 0 saturated carbocycles. The quantitative estimate of drug-likeness (QED) is 0.150. The Labute approximate surface area is 184 Å². The van der Waals surface area contributed by atoms with Crippen LogP contribution in [0.4, 0.5) is 0 Å². The maximum Gasteiger partial charge on any atom is 0.311 e. The van der Waals surface area contributed by atoms with Crippen molar-refractivity contribution in [3.63, 3.8) is 0 Å². The molecular weight excluding hydrogens is 388 g/mol. The van der Waals surface area contributed by atoms with Crippen LogP contribution in [-0.2, 0) is 9.59 Å². The first-order valence-corrected chi connectivity index (χ1v) is 11.4. The largest absolute Gasteiger partial charge is 0.425 e. The Morgan fingerprint density at radius 2 is 1.16 bits per heavy atom. The van der Waals surface area contributed by atoms with E-state index in [1.54, 1.807) is 0 Å². The highest BCUT2D eigenvalue weighted by Gasteiger charge is 2.20. The second kappa shape index (κ2) is 10.9. The summed E-state index contributed by atoms with van der Waals surface area (Å²) in [5, 5.41) is 3.13. The number of carbonyl (C=O) groups excluding carboxylic acids is 2. The van der Waals surface area contributed by atoms with Crippen LogP contribution in [0.25, 0.3) is 21.5 Å². The van der Waals surface area contributed by atoms with Gasteiger partial charge in [-0.05, 0) is 25.8 Å². The van der Waals surface area contributed by atoms with E-state index in [-0.39, 0.29) is 11.9 Å². The Kier molecular flexibility index (Phi) is 8.05. The molecule has 0 unspecified atom stereocenters. The third kappa shape index (κ3) is 5.63. The first-order chi connectivity index (χ1) is 15.0. The van der Waals surface area contributed by atoms with Crippen LogP contribution >= 0.6 is 0 Å². The predicted octanol–water partition coefficient (Wildman–Crippen LogP) is 7.27. The number of rotatable bonds is 10. The van der Waals surface area contributed by atoms with Crippen LogP contribution in [0.3, 0.4) is 0 Å². The molecule has 0 aromatic heterocycles. The van der Waals surface area contributed by atoms with Gasteiger partial charge in [0.2, 0.25) is 0 Å². The number of unbranched alkanes of at least 4 members (excludes halogenated alkanes) is 4. The molecule has 0 amide bonds. The van der Waals surface area contributed by atoms with Crippen LogP contribution in [-0.4, -0.2) is 11.9 Å². The van der Waals surface area contributed by atoms with Crippen LogP contribution in [0.2, 0.25) is 0 Å². The maximum absolute atomic E-state index is 12.6. The molecule has 31 heavy (non-hydrogen) atoms. The van der Waals surface area contributed by atoms with Gasteiger partial charge in [0.05, 0.1) is 0 Å². The number of carbonyl (C=O) groups is 2. The summed E-state index contributed by atoms with van der Waals surface area (Å²) in [4.78, 5) is 25.1. The summed E-state index contributed by atoms with van der Waals surface area (Å²) in [5.74, 6) is 0.620. The van der Waals surface area contributed by atoms with Gasteiger partial charge in [-0.2, -0.15) is 0 Å². The second-order valence-electron chi connectivity index (χ2n) is 8.12. The van der Waals surface area contributed by atoms with Gasteiger partial charge in [0.1, 0.15) is 11.5 Å². The Morgan fingerprint density at radius 1 is 0.677 bits per heavy atom. The van der Waals surface area contributed by atoms with Gasteiger partial charge in [0.15, 0.2) is 0 Å². The zero-order valence-corrected chi connectivity index (χ0v) is 18.8. The summed E-state index contributed by atoms with van der Waals surface area (Å²) in [6.07, 6.45) is 6.53. The number of benzene rings is 3. The van der Waals surface area contributed by atoms with Gasteiger partial charge in [-0.1, -0.05) is 81.5 Å². The Bertz CT molecular complexity index is 1070. The molecule has 0 heterocycles. The van der Waals surface area contributed by atoms with Crippen LogP contribution in [0, 0.1) is 6.92 Å². The van der Waals surface area contributed by atoms with E-state index in [1.807, 2.05) is 49.4 Å². The number of hydrogen-bond donors (Lipinski definition) is 0. The average molecular weight is 421 g/mol. The Morgan fingerprint density at radius 3 is 1.68 bits per heavy atom. The van der Waals surface area contributed by atoms with Crippen molar-refractivity contribution in [3.8, 4) is 11.5 Å². The molecule has 3 rings (SSSR count). The molecule has 3 aromatic carbocycles. The molecule has 0 aliphatic heterocycles. The zero-order valence-electron chi connectivity index (χ0n) is 18.8. The number of aryl methyl sites for hydroxylation is 1. The van der Waals surface area contributed by atoms with Crippen LogP contribution in [0.1, 0.15) is 70.8 Å². The van der Waals surface area contributed by atoms with E-state index in [0.29, 0.717) is 24.3 Å². The molecule has 0 bridgehead atoms. The molecule has 0 spiro atoms. The predicted molar refractivity (Wildman–Crippen MR) is 126 cm³/mol. The Balaban J connectivity index is 2.07. The van der Waals surface area contributed by atoms with E-state index < -0.39 is 0 Å². The lowest BCUT2D eigenvalue weighted by Gasteiger charge is -2.17. The fourth-order valence-electron chi connectivity index (χ4n) is 3.80. The minimum absolute atomic E-state index is 0.231. The van der Waals surface area contributed by atoms with Crippen molar-refractivity contribution >= 4 is 33.5 Å². The molecule has 4 nitrogen and oxygen atoms in total. The van der Waals surface area contributed by atoms with Crippen LogP contribution in [0.5, 0.6) is 11.5 Å². The van der Waals surface area contributed by atoms with E-state index >= 15 is 0 Å². The molecule has 0 aliphatic carbocycles. The van der Waals surface area contributed by atoms with Crippen molar-refractivity contribution in [1.82, 2.24) is 0 Å². The summed E-state index contributed by atoms with van der Waals surface area (Å²) < 4.78 is 11.8. The van der Waals surface area contributed by atoms with Crippen LogP contribution in [0.15, 0.2) is 42.5 Å². The van der Waals surface area contributed by atoms with Crippen molar-refractivity contribution < 1.29 is 19.1 Å². The van der Waals surface area contributed by atoms with E-state index in [2.05, 4.69) is 13.8 Å². The lowest BCUT2D eigenvalue weighted by molar-refractivity contribution is -0.135. The van der Waals surface area contributed by atoms with E-state index in [9.17, 15) is 9.59 Å². The summed E-state index contributed by atoms with van der Waals surface area (Å²) in [5.41, 5.74) is 1.05. The SMILES string of the molecule is CCCCCC(=O)Oc1c2ccccc2c(OC(=O)CCCCC)c2cc(C)ccc12. The average Bonchev–Trinajstić information content (AvgIpc) is 2.76. The maximum atomic E-state index is 12.6. The third-order valence-corrected chi connectivity index (χ3v) is 5.48. The lowest BCUT2D eigenvalue weighted by atomic mass is 9.99.